The van der Waals surface area contributed by atoms with Gasteiger partial charge in [0.1, 0.15) is 0 Å². The molecular formula is C15H24N2O. The van der Waals surface area contributed by atoms with Crippen LogP contribution in [0.2, 0.25) is 0 Å². The Bertz CT molecular complexity index is 389. The molecule has 1 saturated heterocycles. The van der Waals surface area contributed by atoms with Crippen LogP contribution in [0.3, 0.4) is 0 Å². The first-order valence-corrected chi connectivity index (χ1v) is 7.09. The van der Waals surface area contributed by atoms with Gasteiger partial charge in [-0.2, -0.15) is 0 Å². The number of aryl methyl sites for hydroxylation is 1. The van der Waals surface area contributed by atoms with Crippen molar-refractivity contribution in [1.82, 2.24) is 9.47 Å². The first kappa shape index (κ1) is 13.3. The number of hydrogen-bond donors (Lipinski definition) is 0. The lowest BCUT2D eigenvalue weighted by Gasteiger charge is -2.14. The van der Waals surface area contributed by atoms with Gasteiger partial charge in [-0.3, -0.25) is 4.79 Å². The van der Waals surface area contributed by atoms with Crippen molar-refractivity contribution in [2.75, 3.05) is 19.6 Å². The molecule has 0 unspecified atom stereocenters. The summed E-state index contributed by atoms with van der Waals surface area (Å²) in [6.45, 7) is 8.64. The normalized spacial score (nSPS) is 16.6. The highest BCUT2D eigenvalue weighted by Crippen LogP contribution is 2.11. The van der Waals surface area contributed by atoms with Crippen LogP contribution >= 0.6 is 0 Å². The van der Waals surface area contributed by atoms with Gasteiger partial charge in [-0.05, 0) is 45.0 Å². The number of nitrogens with zero attached hydrogens (tertiary/aromatic N) is 2. The third kappa shape index (κ3) is 3.45. The van der Waals surface area contributed by atoms with Crippen LogP contribution < -0.4 is 0 Å². The van der Waals surface area contributed by atoms with Crippen LogP contribution in [0.5, 0.6) is 0 Å². The molecule has 0 N–H and O–H groups in total. The van der Waals surface area contributed by atoms with E-state index < -0.39 is 0 Å². The number of carbonyl (C=O) groups is 1. The van der Waals surface area contributed by atoms with Gasteiger partial charge in [-0.25, -0.2) is 0 Å². The summed E-state index contributed by atoms with van der Waals surface area (Å²) in [5.74, 6) is 0.332. The Morgan fingerprint density at radius 3 is 2.67 bits per heavy atom. The third-order valence-electron chi connectivity index (χ3n) is 3.65. The summed E-state index contributed by atoms with van der Waals surface area (Å²) in [5, 5.41) is 0. The molecule has 1 fully saturated rings. The van der Waals surface area contributed by atoms with Crippen LogP contribution in [0.1, 0.15) is 43.5 Å². The minimum absolute atomic E-state index is 0.0884. The zero-order valence-electron chi connectivity index (χ0n) is 11.6. The van der Waals surface area contributed by atoms with Crippen molar-refractivity contribution >= 4 is 5.78 Å². The number of carbonyl (C=O) groups excluding carboxylic acids is 1. The van der Waals surface area contributed by atoms with Crippen molar-refractivity contribution in [2.45, 2.75) is 39.7 Å². The Kier molecular flexibility index (Phi) is 4.59. The zero-order valence-corrected chi connectivity index (χ0v) is 11.6. The van der Waals surface area contributed by atoms with Crippen LogP contribution in [0.15, 0.2) is 18.5 Å². The summed E-state index contributed by atoms with van der Waals surface area (Å²) in [6.07, 6.45) is 7.91. The number of Topliss-reactive ketones (excluding diaryl/α,β-unsaturated/α-hetero) is 1. The highest BCUT2D eigenvalue weighted by Gasteiger charge is 2.12. The summed E-state index contributed by atoms with van der Waals surface area (Å²) in [5.41, 5.74) is 0.853. The molecule has 2 rings (SSSR count). The molecule has 1 aliphatic rings. The topological polar surface area (TPSA) is 25.2 Å². The highest BCUT2D eigenvalue weighted by molar-refractivity contribution is 5.97. The maximum atomic E-state index is 11.8. The molecule has 0 atom stereocenters. The number of ketones is 1. The van der Waals surface area contributed by atoms with Crippen molar-refractivity contribution in [3.63, 3.8) is 0 Å². The lowest BCUT2D eigenvalue weighted by molar-refractivity contribution is 0.0939. The van der Waals surface area contributed by atoms with Crippen LogP contribution in [0, 0.1) is 5.92 Å². The Morgan fingerprint density at radius 2 is 2.00 bits per heavy atom. The molecule has 2 heterocycles. The molecule has 1 aliphatic heterocycles. The van der Waals surface area contributed by atoms with E-state index in [-0.39, 0.29) is 11.7 Å². The summed E-state index contributed by atoms with van der Waals surface area (Å²) in [7, 11) is 0. The predicted molar refractivity (Wildman–Crippen MR) is 73.9 cm³/mol. The molecule has 0 amide bonds. The molecule has 1 aromatic rings. The van der Waals surface area contributed by atoms with Crippen LogP contribution in [0.25, 0.3) is 0 Å². The second-order valence-corrected chi connectivity index (χ2v) is 5.56. The maximum absolute atomic E-state index is 11.8. The van der Waals surface area contributed by atoms with E-state index in [0.717, 1.165) is 12.1 Å². The quantitative estimate of drug-likeness (QED) is 0.723. The van der Waals surface area contributed by atoms with Crippen molar-refractivity contribution in [2.24, 2.45) is 5.92 Å². The standard InChI is InChI=1S/C15H24N2O/c1-13(2)15(18)14-6-11-17(12-14)10-5-9-16-7-3-4-8-16/h6,11-13H,3-5,7-10H2,1-2H3. The molecule has 0 bridgehead atoms. The SMILES string of the molecule is CC(C)C(=O)c1ccn(CCCN2CCCC2)c1. The second kappa shape index (κ2) is 6.19. The summed E-state index contributed by atoms with van der Waals surface area (Å²) in [6, 6.07) is 1.94. The maximum Gasteiger partial charge on any atom is 0.166 e. The number of rotatable bonds is 6. The summed E-state index contributed by atoms with van der Waals surface area (Å²) < 4.78 is 2.14. The fourth-order valence-corrected chi connectivity index (χ4v) is 2.54. The number of likely N-dealkylation sites (tertiary alicyclic amines) is 1. The van der Waals surface area contributed by atoms with E-state index >= 15 is 0 Å². The van der Waals surface area contributed by atoms with Gasteiger partial charge in [0, 0.05) is 30.4 Å². The monoisotopic (exact) mass is 248 g/mol. The van der Waals surface area contributed by atoms with E-state index in [4.69, 9.17) is 0 Å². The Morgan fingerprint density at radius 1 is 1.28 bits per heavy atom. The van der Waals surface area contributed by atoms with Gasteiger partial charge in [-0.1, -0.05) is 13.8 Å². The van der Waals surface area contributed by atoms with Gasteiger partial charge in [0.05, 0.1) is 0 Å². The number of aromatic nitrogens is 1. The summed E-state index contributed by atoms with van der Waals surface area (Å²) in [4.78, 5) is 14.4. The minimum Gasteiger partial charge on any atom is -0.353 e. The smallest absolute Gasteiger partial charge is 0.166 e. The van der Waals surface area contributed by atoms with Gasteiger partial charge in [0.2, 0.25) is 0 Å². The van der Waals surface area contributed by atoms with E-state index in [1.54, 1.807) is 0 Å². The predicted octanol–water partition coefficient (Wildman–Crippen LogP) is 2.81. The Balaban J connectivity index is 1.77. The molecule has 3 nitrogen and oxygen atoms in total. The molecule has 0 aliphatic carbocycles. The van der Waals surface area contributed by atoms with E-state index in [2.05, 4.69) is 9.47 Å². The Hall–Kier alpha value is -1.09. The van der Waals surface area contributed by atoms with Crippen LogP contribution in [0.4, 0.5) is 0 Å². The highest BCUT2D eigenvalue weighted by atomic mass is 16.1. The molecule has 100 valence electrons. The van der Waals surface area contributed by atoms with E-state index in [1.807, 2.05) is 32.3 Å². The Labute approximate surface area is 110 Å². The van der Waals surface area contributed by atoms with Crippen molar-refractivity contribution < 1.29 is 4.79 Å². The lowest BCUT2D eigenvalue weighted by atomic mass is 10.0. The number of hydrogen-bond acceptors (Lipinski definition) is 2. The fourth-order valence-electron chi connectivity index (χ4n) is 2.54. The van der Waals surface area contributed by atoms with Crippen LogP contribution in [-0.2, 0) is 6.54 Å². The van der Waals surface area contributed by atoms with E-state index in [1.165, 1.54) is 38.9 Å². The molecule has 0 radical (unpaired) electrons. The van der Waals surface area contributed by atoms with Crippen molar-refractivity contribution in [3.05, 3.63) is 24.0 Å². The zero-order chi connectivity index (χ0) is 13.0. The van der Waals surface area contributed by atoms with Crippen LogP contribution in [-0.4, -0.2) is 34.9 Å². The molecule has 0 saturated carbocycles. The minimum atomic E-state index is 0.0884. The lowest BCUT2D eigenvalue weighted by Crippen LogP contribution is -2.21. The van der Waals surface area contributed by atoms with Crippen molar-refractivity contribution in [1.29, 1.82) is 0 Å². The molecule has 1 aromatic heterocycles. The summed E-state index contributed by atoms with van der Waals surface area (Å²) >= 11 is 0. The molecule has 0 spiro atoms. The molecule has 0 aromatic carbocycles. The first-order valence-electron chi connectivity index (χ1n) is 7.09. The second-order valence-electron chi connectivity index (χ2n) is 5.56. The first-order chi connectivity index (χ1) is 8.66. The van der Waals surface area contributed by atoms with Gasteiger partial charge < -0.3 is 9.47 Å². The molecule has 18 heavy (non-hydrogen) atoms. The average Bonchev–Trinajstić information content (AvgIpc) is 2.99. The van der Waals surface area contributed by atoms with Gasteiger partial charge in [0.15, 0.2) is 5.78 Å². The van der Waals surface area contributed by atoms with Gasteiger partial charge >= 0.3 is 0 Å². The van der Waals surface area contributed by atoms with Crippen molar-refractivity contribution in [3.8, 4) is 0 Å². The fraction of sp³-hybridized carbons (Fsp3) is 0.667. The van der Waals surface area contributed by atoms with Gasteiger partial charge in [0.25, 0.3) is 0 Å². The largest absolute Gasteiger partial charge is 0.353 e. The van der Waals surface area contributed by atoms with E-state index in [9.17, 15) is 4.79 Å². The van der Waals surface area contributed by atoms with E-state index in [0.29, 0.717) is 0 Å². The molecular weight excluding hydrogens is 224 g/mol. The third-order valence-corrected chi connectivity index (χ3v) is 3.65. The average molecular weight is 248 g/mol. The van der Waals surface area contributed by atoms with Gasteiger partial charge in [-0.15, -0.1) is 0 Å². The molecule has 3 heteroatoms.